The highest BCUT2D eigenvalue weighted by Gasteiger charge is 2.06. The second-order valence-corrected chi connectivity index (χ2v) is 3.88. The number of nitrogens with two attached hydrogens (primary N) is 1. The van der Waals surface area contributed by atoms with Crippen LogP contribution in [0.25, 0.3) is 0 Å². The van der Waals surface area contributed by atoms with Crippen molar-refractivity contribution >= 4 is 16.8 Å². The molecule has 19 heavy (non-hydrogen) atoms. The van der Waals surface area contributed by atoms with Crippen LogP contribution in [0.2, 0.25) is 0 Å². The molecule has 0 saturated carbocycles. The van der Waals surface area contributed by atoms with Crippen molar-refractivity contribution in [1.82, 2.24) is 4.98 Å². The molecular formula is C14H15ClN2O2. The van der Waals surface area contributed by atoms with Gasteiger partial charge in [-0.25, -0.2) is 0 Å². The summed E-state index contributed by atoms with van der Waals surface area (Å²) in [7, 11) is 1.50. The van der Waals surface area contributed by atoms with Gasteiger partial charge in [0.15, 0.2) is 0 Å². The molecule has 1 heterocycles. The van der Waals surface area contributed by atoms with Crippen LogP contribution in [-0.2, 0) is 6.54 Å². The van der Waals surface area contributed by atoms with Crippen molar-refractivity contribution in [2.45, 2.75) is 6.54 Å². The largest absolute Gasteiger partial charge is 0.496 e. The summed E-state index contributed by atoms with van der Waals surface area (Å²) >= 11 is 5.27. The molecule has 0 radical (unpaired) electrons. The van der Waals surface area contributed by atoms with Crippen molar-refractivity contribution in [2.24, 2.45) is 5.73 Å². The third kappa shape index (κ3) is 5.07. The van der Waals surface area contributed by atoms with E-state index in [2.05, 4.69) is 4.98 Å². The van der Waals surface area contributed by atoms with Gasteiger partial charge in [0.1, 0.15) is 5.75 Å². The number of hydrogen-bond acceptors (Lipinski definition) is 4. The predicted octanol–water partition coefficient (Wildman–Crippen LogP) is 2.61. The number of methoxy groups -OCH3 is 1. The van der Waals surface area contributed by atoms with Crippen molar-refractivity contribution in [3.8, 4) is 5.75 Å². The zero-order chi connectivity index (χ0) is 14.1. The second kappa shape index (κ2) is 8.24. The van der Waals surface area contributed by atoms with Gasteiger partial charge >= 0.3 is 0 Å². The molecule has 0 aliphatic carbocycles. The van der Waals surface area contributed by atoms with Crippen LogP contribution in [0.1, 0.15) is 15.9 Å². The lowest BCUT2D eigenvalue weighted by atomic mass is 10.2. The molecule has 0 spiro atoms. The van der Waals surface area contributed by atoms with Gasteiger partial charge in [0.25, 0.3) is 5.24 Å². The lowest BCUT2D eigenvalue weighted by Gasteiger charge is -2.01. The van der Waals surface area contributed by atoms with Gasteiger partial charge in [0.05, 0.1) is 12.7 Å². The Labute approximate surface area is 117 Å². The fourth-order valence-corrected chi connectivity index (χ4v) is 1.48. The molecule has 5 heteroatoms. The number of benzene rings is 1. The first-order chi connectivity index (χ1) is 9.19. The van der Waals surface area contributed by atoms with Crippen LogP contribution in [-0.4, -0.2) is 17.3 Å². The van der Waals surface area contributed by atoms with Crippen molar-refractivity contribution in [3.63, 3.8) is 0 Å². The highest BCUT2D eigenvalue weighted by Crippen LogP contribution is 2.18. The smallest absolute Gasteiger partial charge is 0.256 e. The summed E-state index contributed by atoms with van der Waals surface area (Å²) in [5.74, 6) is 0.507. The van der Waals surface area contributed by atoms with Gasteiger partial charge in [-0.15, -0.1) is 0 Å². The second-order valence-electron chi connectivity index (χ2n) is 3.54. The summed E-state index contributed by atoms with van der Waals surface area (Å²) in [6, 6.07) is 10.7. The molecule has 0 atom stereocenters. The zero-order valence-corrected chi connectivity index (χ0v) is 11.3. The zero-order valence-electron chi connectivity index (χ0n) is 10.5. The minimum Gasteiger partial charge on any atom is -0.496 e. The van der Waals surface area contributed by atoms with Gasteiger partial charge in [-0.2, -0.15) is 0 Å². The molecule has 0 amide bonds. The first kappa shape index (κ1) is 15.1. The molecule has 0 fully saturated rings. The summed E-state index contributed by atoms with van der Waals surface area (Å²) < 4.78 is 4.90. The van der Waals surface area contributed by atoms with Crippen LogP contribution >= 0.6 is 11.6 Å². The van der Waals surface area contributed by atoms with E-state index in [9.17, 15) is 4.79 Å². The maximum atomic E-state index is 10.7. The maximum absolute atomic E-state index is 10.7. The molecule has 100 valence electrons. The molecule has 2 aromatic rings. The van der Waals surface area contributed by atoms with E-state index in [-0.39, 0.29) is 0 Å². The average molecular weight is 279 g/mol. The number of rotatable bonds is 3. The Morgan fingerprint density at radius 2 is 2.05 bits per heavy atom. The van der Waals surface area contributed by atoms with Crippen LogP contribution in [0.3, 0.4) is 0 Å². The fourth-order valence-electron chi connectivity index (χ4n) is 1.33. The molecule has 0 aliphatic heterocycles. The number of carbonyl (C=O) groups excluding carboxylic acids is 1. The van der Waals surface area contributed by atoms with Crippen molar-refractivity contribution in [1.29, 1.82) is 0 Å². The Morgan fingerprint density at radius 1 is 1.32 bits per heavy atom. The Hall–Kier alpha value is -1.91. The summed E-state index contributed by atoms with van der Waals surface area (Å²) in [6.07, 6.45) is 3.50. The molecular weight excluding hydrogens is 264 g/mol. The normalized spacial score (nSPS) is 9.21. The lowest BCUT2D eigenvalue weighted by Crippen LogP contribution is -1.95. The van der Waals surface area contributed by atoms with Crippen LogP contribution in [0.15, 0.2) is 48.8 Å². The number of carbonyl (C=O) groups is 1. The molecule has 0 aliphatic rings. The number of halogens is 1. The number of pyridine rings is 1. The lowest BCUT2D eigenvalue weighted by molar-refractivity contribution is 0.107. The Morgan fingerprint density at radius 3 is 2.47 bits per heavy atom. The van der Waals surface area contributed by atoms with Gasteiger partial charge in [-0.1, -0.05) is 18.2 Å². The quantitative estimate of drug-likeness (QED) is 0.877. The van der Waals surface area contributed by atoms with Crippen LogP contribution in [0.4, 0.5) is 0 Å². The summed E-state index contributed by atoms with van der Waals surface area (Å²) in [4.78, 5) is 14.6. The minimum absolute atomic E-state index is 0.400. The predicted molar refractivity (Wildman–Crippen MR) is 75.3 cm³/mol. The SMILES string of the molecule is COc1ccccc1C(=O)Cl.NCc1cccnc1. The molecule has 2 N–H and O–H groups in total. The van der Waals surface area contributed by atoms with E-state index in [4.69, 9.17) is 22.1 Å². The van der Waals surface area contributed by atoms with Crippen molar-refractivity contribution < 1.29 is 9.53 Å². The molecule has 2 rings (SSSR count). The van der Waals surface area contributed by atoms with Gasteiger partial charge in [0, 0.05) is 18.9 Å². The van der Waals surface area contributed by atoms with Crippen LogP contribution in [0, 0.1) is 0 Å². The number of hydrogen-bond donors (Lipinski definition) is 1. The third-order valence-electron chi connectivity index (χ3n) is 2.28. The van der Waals surface area contributed by atoms with Crippen LogP contribution in [0.5, 0.6) is 5.75 Å². The van der Waals surface area contributed by atoms with Gasteiger partial charge < -0.3 is 10.5 Å². The topological polar surface area (TPSA) is 65.2 Å². The van der Waals surface area contributed by atoms with E-state index in [1.807, 2.05) is 12.1 Å². The number of para-hydroxylation sites is 1. The number of aromatic nitrogens is 1. The van der Waals surface area contributed by atoms with E-state index in [0.29, 0.717) is 17.9 Å². The van der Waals surface area contributed by atoms with E-state index in [0.717, 1.165) is 5.56 Å². The average Bonchev–Trinajstić information content (AvgIpc) is 2.48. The van der Waals surface area contributed by atoms with Crippen LogP contribution < -0.4 is 10.5 Å². The fraction of sp³-hybridized carbons (Fsp3) is 0.143. The van der Waals surface area contributed by atoms with Gasteiger partial charge in [0.2, 0.25) is 0 Å². The van der Waals surface area contributed by atoms with E-state index in [1.54, 1.807) is 36.7 Å². The van der Waals surface area contributed by atoms with Gasteiger partial charge in [-0.05, 0) is 35.4 Å². The molecule has 0 bridgehead atoms. The molecule has 1 aromatic carbocycles. The molecule has 0 saturated heterocycles. The van der Waals surface area contributed by atoms with E-state index in [1.165, 1.54) is 7.11 Å². The minimum atomic E-state index is -0.498. The first-order valence-electron chi connectivity index (χ1n) is 5.61. The third-order valence-corrected chi connectivity index (χ3v) is 2.48. The first-order valence-corrected chi connectivity index (χ1v) is 5.98. The van der Waals surface area contributed by atoms with Gasteiger partial charge in [-0.3, -0.25) is 9.78 Å². The summed E-state index contributed by atoms with van der Waals surface area (Å²) in [6.45, 7) is 0.577. The molecule has 1 aromatic heterocycles. The Balaban J connectivity index is 0.000000200. The Kier molecular flexibility index (Phi) is 6.57. The summed E-state index contributed by atoms with van der Waals surface area (Å²) in [5, 5.41) is -0.498. The summed E-state index contributed by atoms with van der Waals surface area (Å²) in [5.41, 5.74) is 6.79. The van der Waals surface area contributed by atoms with E-state index >= 15 is 0 Å². The highest BCUT2D eigenvalue weighted by atomic mass is 35.5. The van der Waals surface area contributed by atoms with Crippen molar-refractivity contribution in [3.05, 3.63) is 59.9 Å². The number of nitrogens with zero attached hydrogens (tertiary/aromatic N) is 1. The highest BCUT2D eigenvalue weighted by molar-refractivity contribution is 6.68. The molecule has 0 unspecified atom stereocenters. The van der Waals surface area contributed by atoms with E-state index < -0.39 is 5.24 Å². The molecule has 4 nitrogen and oxygen atoms in total. The standard InChI is InChI=1S/C8H7ClO2.C6H8N2/c1-11-7-5-3-2-4-6(7)8(9)10;7-4-6-2-1-3-8-5-6/h2-5H,1H3;1-3,5H,4,7H2. The van der Waals surface area contributed by atoms with Crippen molar-refractivity contribution in [2.75, 3.05) is 7.11 Å². The number of ether oxygens (including phenoxy) is 1. The monoisotopic (exact) mass is 278 g/mol. The maximum Gasteiger partial charge on any atom is 0.256 e. The Bertz CT molecular complexity index is 518.